The summed E-state index contributed by atoms with van der Waals surface area (Å²) < 4.78 is 47.0. The van der Waals surface area contributed by atoms with Gasteiger partial charge < -0.3 is 14.6 Å². The van der Waals surface area contributed by atoms with Gasteiger partial charge in [0.25, 0.3) is 0 Å². The minimum Gasteiger partial charge on any atom is -0.598 e. The SMILES string of the molecule is C[C@H](NC(=O)OC(C)(C)C)[C@H](N[S+]([O-])C(C)(C)C)c1ccc(F)c(F)c1. The fraction of sp³-hybridized carbons (Fsp3) is 0.611. The number of halogens is 2. The number of amides is 1. The Morgan fingerprint density at radius 2 is 1.73 bits per heavy atom. The summed E-state index contributed by atoms with van der Waals surface area (Å²) in [7, 11) is 0. The second kappa shape index (κ2) is 8.54. The van der Waals surface area contributed by atoms with Gasteiger partial charge in [0.1, 0.15) is 10.3 Å². The predicted octanol–water partition coefficient (Wildman–Crippen LogP) is 3.97. The largest absolute Gasteiger partial charge is 0.598 e. The summed E-state index contributed by atoms with van der Waals surface area (Å²) in [5.74, 6) is -1.99. The summed E-state index contributed by atoms with van der Waals surface area (Å²) in [6, 6.07) is 2.11. The first-order valence-electron chi connectivity index (χ1n) is 8.33. The Hall–Kier alpha value is -1.38. The summed E-state index contributed by atoms with van der Waals surface area (Å²) in [6.07, 6.45) is -0.652. The van der Waals surface area contributed by atoms with Crippen molar-refractivity contribution in [3.8, 4) is 0 Å². The summed E-state index contributed by atoms with van der Waals surface area (Å²) >= 11 is -1.49. The first-order valence-corrected chi connectivity index (χ1v) is 9.48. The molecule has 26 heavy (non-hydrogen) atoms. The van der Waals surface area contributed by atoms with Crippen molar-refractivity contribution >= 4 is 17.5 Å². The molecule has 1 unspecified atom stereocenters. The highest BCUT2D eigenvalue weighted by Gasteiger charge is 2.33. The molecule has 0 aliphatic rings. The van der Waals surface area contributed by atoms with Gasteiger partial charge in [0, 0.05) is 11.4 Å². The van der Waals surface area contributed by atoms with E-state index in [1.807, 2.05) is 0 Å². The van der Waals surface area contributed by atoms with E-state index >= 15 is 0 Å². The third kappa shape index (κ3) is 7.09. The zero-order valence-corrected chi connectivity index (χ0v) is 17.1. The number of rotatable bonds is 5. The number of alkyl carbamates (subject to hydrolysis) is 1. The van der Waals surface area contributed by atoms with Gasteiger partial charge in [0.2, 0.25) is 0 Å². The van der Waals surface area contributed by atoms with E-state index in [0.717, 1.165) is 12.1 Å². The van der Waals surface area contributed by atoms with Gasteiger partial charge in [-0.05, 0) is 66.2 Å². The lowest BCUT2D eigenvalue weighted by molar-refractivity contribution is 0.0500. The van der Waals surface area contributed by atoms with Gasteiger partial charge in [-0.25, -0.2) is 13.6 Å². The highest BCUT2D eigenvalue weighted by molar-refractivity contribution is 7.90. The molecule has 0 bridgehead atoms. The maximum Gasteiger partial charge on any atom is 0.407 e. The molecule has 3 atom stereocenters. The van der Waals surface area contributed by atoms with Crippen LogP contribution in [0.5, 0.6) is 0 Å². The fourth-order valence-electron chi connectivity index (χ4n) is 2.03. The molecule has 1 aromatic rings. The van der Waals surface area contributed by atoms with Gasteiger partial charge in [-0.1, -0.05) is 6.07 Å². The van der Waals surface area contributed by atoms with Crippen LogP contribution in [0, 0.1) is 11.6 Å². The van der Waals surface area contributed by atoms with Gasteiger partial charge in [-0.3, -0.25) is 0 Å². The third-order valence-electron chi connectivity index (χ3n) is 3.34. The summed E-state index contributed by atoms with van der Waals surface area (Å²) in [6.45, 7) is 12.2. The number of ether oxygens (including phenoxy) is 1. The Labute approximate surface area is 157 Å². The molecule has 1 amide bonds. The average Bonchev–Trinajstić information content (AvgIpc) is 2.44. The molecule has 1 rings (SSSR count). The summed E-state index contributed by atoms with van der Waals surface area (Å²) in [5.41, 5.74) is -0.312. The highest BCUT2D eigenvalue weighted by atomic mass is 32.2. The number of hydrogen-bond acceptors (Lipinski definition) is 4. The van der Waals surface area contributed by atoms with Crippen LogP contribution in [0.1, 0.15) is 60.1 Å². The quantitative estimate of drug-likeness (QED) is 0.746. The first-order chi connectivity index (χ1) is 11.7. The number of benzene rings is 1. The van der Waals surface area contributed by atoms with Crippen LogP contribution in [-0.2, 0) is 16.1 Å². The van der Waals surface area contributed by atoms with Crippen LogP contribution in [-0.4, -0.2) is 27.0 Å². The zero-order valence-electron chi connectivity index (χ0n) is 16.3. The van der Waals surface area contributed by atoms with Crippen molar-refractivity contribution < 1.29 is 22.9 Å². The van der Waals surface area contributed by atoms with Crippen LogP contribution in [0.2, 0.25) is 0 Å². The van der Waals surface area contributed by atoms with Crippen LogP contribution >= 0.6 is 0 Å². The average molecular weight is 390 g/mol. The van der Waals surface area contributed by atoms with Crippen LogP contribution in [0.4, 0.5) is 13.6 Å². The molecule has 5 nitrogen and oxygen atoms in total. The molecule has 0 spiro atoms. The normalized spacial score (nSPS) is 15.9. The van der Waals surface area contributed by atoms with Crippen molar-refractivity contribution in [2.75, 3.05) is 0 Å². The Kier molecular flexibility index (Phi) is 7.44. The van der Waals surface area contributed by atoms with Crippen molar-refractivity contribution in [3.05, 3.63) is 35.4 Å². The van der Waals surface area contributed by atoms with Crippen molar-refractivity contribution in [1.82, 2.24) is 10.0 Å². The van der Waals surface area contributed by atoms with E-state index in [2.05, 4.69) is 10.0 Å². The minimum atomic E-state index is -1.49. The maximum atomic E-state index is 13.7. The van der Waals surface area contributed by atoms with Crippen molar-refractivity contribution in [3.63, 3.8) is 0 Å². The Bertz CT molecular complexity index is 630. The van der Waals surface area contributed by atoms with Crippen LogP contribution < -0.4 is 10.0 Å². The fourth-order valence-corrected chi connectivity index (χ4v) is 2.96. The summed E-state index contributed by atoms with van der Waals surface area (Å²) in [4.78, 5) is 12.0. The van der Waals surface area contributed by atoms with Crippen molar-refractivity contribution in [1.29, 1.82) is 0 Å². The van der Waals surface area contributed by atoms with E-state index in [1.54, 1.807) is 48.5 Å². The van der Waals surface area contributed by atoms with Gasteiger partial charge in [0.05, 0.1) is 12.1 Å². The number of nitrogens with one attached hydrogen (secondary N) is 2. The van der Waals surface area contributed by atoms with Crippen LogP contribution in [0.3, 0.4) is 0 Å². The Morgan fingerprint density at radius 1 is 1.15 bits per heavy atom. The number of carbonyl (C=O) groups excluding carboxylic acids is 1. The van der Waals surface area contributed by atoms with Crippen molar-refractivity contribution in [2.24, 2.45) is 0 Å². The molecule has 1 aromatic carbocycles. The van der Waals surface area contributed by atoms with E-state index < -0.39 is 51.5 Å². The molecule has 148 valence electrons. The second-order valence-corrected chi connectivity index (χ2v) is 10.1. The molecule has 0 radical (unpaired) electrons. The van der Waals surface area contributed by atoms with Gasteiger partial charge in [0.15, 0.2) is 11.6 Å². The van der Waals surface area contributed by atoms with E-state index in [-0.39, 0.29) is 0 Å². The lowest BCUT2D eigenvalue weighted by Crippen LogP contribution is -2.49. The first kappa shape index (κ1) is 22.7. The molecule has 0 aromatic heterocycles. The molecule has 8 heteroatoms. The Balaban J connectivity index is 3.06. The molecular formula is C18H28F2N2O3S. The molecule has 0 saturated carbocycles. The second-order valence-electron chi connectivity index (χ2n) is 8.09. The zero-order chi connectivity index (χ0) is 20.3. The van der Waals surface area contributed by atoms with E-state index in [0.29, 0.717) is 5.56 Å². The smallest absolute Gasteiger partial charge is 0.407 e. The van der Waals surface area contributed by atoms with Gasteiger partial charge in [-0.2, -0.15) is 0 Å². The highest BCUT2D eigenvalue weighted by Crippen LogP contribution is 2.24. The maximum absolute atomic E-state index is 13.7. The monoisotopic (exact) mass is 390 g/mol. The molecule has 0 aliphatic carbocycles. The lowest BCUT2D eigenvalue weighted by atomic mass is 10.0. The van der Waals surface area contributed by atoms with Crippen molar-refractivity contribution in [2.45, 2.75) is 70.9 Å². The topological polar surface area (TPSA) is 73.4 Å². The van der Waals surface area contributed by atoms with Crippen LogP contribution in [0.25, 0.3) is 0 Å². The molecule has 0 fully saturated rings. The van der Waals surface area contributed by atoms with E-state index in [4.69, 9.17) is 4.74 Å². The minimum absolute atomic E-state index is 0.366. The summed E-state index contributed by atoms with van der Waals surface area (Å²) in [5, 5.41) is 2.65. The molecule has 0 saturated heterocycles. The molecule has 0 aliphatic heterocycles. The third-order valence-corrected chi connectivity index (χ3v) is 4.92. The lowest BCUT2D eigenvalue weighted by Gasteiger charge is -2.32. The van der Waals surface area contributed by atoms with E-state index in [9.17, 15) is 18.1 Å². The molecule has 2 N–H and O–H groups in total. The molecular weight excluding hydrogens is 362 g/mol. The molecule has 0 heterocycles. The number of hydrogen-bond donors (Lipinski definition) is 2. The van der Waals surface area contributed by atoms with Gasteiger partial charge in [-0.15, -0.1) is 4.72 Å². The standard InChI is InChI=1S/C18H28F2N2O3S/c1-11(21-16(23)25-17(2,3)4)15(22-26(24)18(5,6)7)12-8-9-13(19)14(20)10-12/h8-11,15,22H,1-7H3,(H,21,23)/t11-,15-,26?/m0/s1. The Morgan fingerprint density at radius 3 is 2.19 bits per heavy atom. The van der Waals surface area contributed by atoms with Gasteiger partial charge >= 0.3 is 6.09 Å². The number of carbonyl (C=O) groups is 1. The van der Waals surface area contributed by atoms with E-state index in [1.165, 1.54) is 6.07 Å². The predicted molar refractivity (Wildman–Crippen MR) is 99.0 cm³/mol. The van der Waals surface area contributed by atoms with Crippen LogP contribution in [0.15, 0.2) is 18.2 Å².